The quantitative estimate of drug-likeness (QED) is 0.639. The van der Waals surface area contributed by atoms with Crippen LogP contribution in [0.1, 0.15) is 40.0 Å². The van der Waals surface area contributed by atoms with E-state index in [1.54, 1.807) is 0 Å². The van der Waals surface area contributed by atoms with Gasteiger partial charge in [0.1, 0.15) is 0 Å². The van der Waals surface area contributed by atoms with Gasteiger partial charge in [0.15, 0.2) is 0 Å². The van der Waals surface area contributed by atoms with Crippen LogP contribution in [-0.2, 0) is 0 Å². The van der Waals surface area contributed by atoms with Crippen molar-refractivity contribution in [3.8, 4) is 0 Å². The molecule has 0 heterocycles. The molecule has 0 bridgehead atoms. The fourth-order valence-corrected chi connectivity index (χ4v) is 1.51. The molecular weight excluding hydrogens is 138 g/mol. The standard InChI is InChI=1S/C9H21NO/c1-4-5-9(11,7-10)6-8(2)3/h8,11H,4-7,10H2,1-3H3. The van der Waals surface area contributed by atoms with Crippen molar-refractivity contribution in [2.24, 2.45) is 11.7 Å². The van der Waals surface area contributed by atoms with Crippen molar-refractivity contribution in [1.82, 2.24) is 0 Å². The van der Waals surface area contributed by atoms with Gasteiger partial charge < -0.3 is 10.8 Å². The van der Waals surface area contributed by atoms with Crippen LogP contribution in [-0.4, -0.2) is 17.3 Å². The van der Waals surface area contributed by atoms with E-state index in [9.17, 15) is 5.11 Å². The average molecular weight is 159 g/mol. The Morgan fingerprint density at radius 1 is 1.45 bits per heavy atom. The van der Waals surface area contributed by atoms with E-state index in [-0.39, 0.29) is 0 Å². The third-order valence-electron chi connectivity index (χ3n) is 1.88. The minimum atomic E-state index is -0.608. The van der Waals surface area contributed by atoms with Crippen LogP contribution in [0, 0.1) is 5.92 Å². The maximum Gasteiger partial charge on any atom is 0.0771 e. The summed E-state index contributed by atoms with van der Waals surface area (Å²) in [5.41, 5.74) is 4.88. The van der Waals surface area contributed by atoms with Crippen LogP contribution in [0.2, 0.25) is 0 Å². The van der Waals surface area contributed by atoms with Crippen molar-refractivity contribution >= 4 is 0 Å². The van der Waals surface area contributed by atoms with Crippen LogP contribution in [0.15, 0.2) is 0 Å². The Kier molecular flexibility index (Phi) is 4.69. The lowest BCUT2D eigenvalue weighted by atomic mass is 9.88. The van der Waals surface area contributed by atoms with E-state index in [2.05, 4.69) is 20.8 Å². The first-order chi connectivity index (χ1) is 5.04. The number of rotatable bonds is 5. The summed E-state index contributed by atoms with van der Waals surface area (Å²) in [7, 11) is 0. The van der Waals surface area contributed by atoms with Crippen LogP contribution in [0.3, 0.4) is 0 Å². The van der Waals surface area contributed by atoms with Crippen molar-refractivity contribution < 1.29 is 5.11 Å². The number of aliphatic hydroxyl groups is 1. The van der Waals surface area contributed by atoms with E-state index in [0.29, 0.717) is 12.5 Å². The van der Waals surface area contributed by atoms with E-state index in [0.717, 1.165) is 19.3 Å². The summed E-state index contributed by atoms with van der Waals surface area (Å²) >= 11 is 0. The maximum absolute atomic E-state index is 9.87. The summed E-state index contributed by atoms with van der Waals surface area (Å²) in [6.07, 6.45) is 2.64. The molecule has 1 atom stereocenters. The van der Waals surface area contributed by atoms with Gasteiger partial charge in [-0.3, -0.25) is 0 Å². The first-order valence-electron chi connectivity index (χ1n) is 4.46. The van der Waals surface area contributed by atoms with Crippen LogP contribution in [0.5, 0.6) is 0 Å². The Hall–Kier alpha value is -0.0800. The van der Waals surface area contributed by atoms with Gasteiger partial charge in [-0.15, -0.1) is 0 Å². The minimum absolute atomic E-state index is 0.388. The normalized spacial score (nSPS) is 16.9. The zero-order chi connectivity index (χ0) is 8.91. The van der Waals surface area contributed by atoms with Gasteiger partial charge in [0.25, 0.3) is 0 Å². The summed E-state index contributed by atoms with van der Waals surface area (Å²) in [6, 6.07) is 0. The summed E-state index contributed by atoms with van der Waals surface area (Å²) in [5.74, 6) is 0.523. The average Bonchev–Trinajstić information content (AvgIpc) is 1.87. The smallest absolute Gasteiger partial charge is 0.0771 e. The predicted octanol–water partition coefficient (Wildman–Crippen LogP) is 1.52. The largest absolute Gasteiger partial charge is 0.389 e. The zero-order valence-corrected chi connectivity index (χ0v) is 7.93. The number of nitrogens with two attached hydrogens (primary N) is 1. The molecule has 1 unspecified atom stereocenters. The Morgan fingerprint density at radius 3 is 2.27 bits per heavy atom. The van der Waals surface area contributed by atoms with Crippen LogP contribution in [0.4, 0.5) is 0 Å². The lowest BCUT2D eigenvalue weighted by molar-refractivity contribution is 0.0193. The highest BCUT2D eigenvalue weighted by Crippen LogP contribution is 2.20. The maximum atomic E-state index is 9.87. The van der Waals surface area contributed by atoms with Crippen LogP contribution < -0.4 is 5.73 Å². The zero-order valence-electron chi connectivity index (χ0n) is 7.93. The molecule has 2 heteroatoms. The molecule has 11 heavy (non-hydrogen) atoms. The third-order valence-corrected chi connectivity index (χ3v) is 1.88. The highest BCUT2D eigenvalue weighted by Gasteiger charge is 2.24. The second-order valence-corrected chi connectivity index (χ2v) is 3.78. The van der Waals surface area contributed by atoms with E-state index >= 15 is 0 Å². The molecule has 0 fully saturated rings. The topological polar surface area (TPSA) is 46.2 Å². The predicted molar refractivity (Wildman–Crippen MR) is 48.4 cm³/mol. The molecule has 0 aliphatic rings. The fraction of sp³-hybridized carbons (Fsp3) is 1.00. The first-order valence-corrected chi connectivity index (χ1v) is 4.46. The van der Waals surface area contributed by atoms with Gasteiger partial charge in [-0.2, -0.15) is 0 Å². The number of hydrogen-bond donors (Lipinski definition) is 2. The van der Waals surface area contributed by atoms with Gasteiger partial charge in [-0.05, 0) is 18.8 Å². The van der Waals surface area contributed by atoms with E-state index in [1.165, 1.54) is 0 Å². The van der Waals surface area contributed by atoms with Crippen molar-refractivity contribution in [2.75, 3.05) is 6.54 Å². The van der Waals surface area contributed by atoms with E-state index in [4.69, 9.17) is 5.73 Å². The molecule has 0 rings (SSSR count). The summed E-state index contributed by atoms with van der Waals surface area (Å²) < 4.78 is 0. The van der Waals surface area contributed by atoms with Gasteiger partial charge >= 0.3 is 0 Å². The van der Waals surface area contributed by atoms with Gasteiger partial charge in [-0.25, -0.2) is 0 Å². The minimum Gasteiger partial charge on any atom is -0.389 e. The lowest BCUT2D eigenvalue weighted by Gasteiger charge is -2.27. The molecule has 0 radical (unpaired) electrons. The fourth-order valence-electron chi connectivity index (χ4n) is 1.51. The molecule has 0 aromatic rings. The molecule has 0 saturated carbocycles. The van der Waals surface area contributed by atoms with E-state index < -0.39 is 5.60 Å². The second-order valence-electron chi connectivity index (χ2n) is 3.78. The molecule has 0 aliphatic carbocycles. The molecule has 0 amide bonds. The molecule has 0 spiro atoms. The number of hydrogen-bond acceptors (Lipinski definition) is 2. The Balaban J connectivity index is 3.87. The SMILES string of the molecule is CCCC(O)(CN)CC(C)C. The lowest BCUT2D eigenvalue weighted by Crippen LogP contribution is -2.38. The Bertz CT molecular complexity index is 104. The highest BCUT2D eigenvalue weighted by molar-refractivity contribution is 4.79. The molecule has 0 saturated heterocycles. The van der Waals surface area contributed by atoms with Gasteiger partial charge in [0.2, 0.25) is 0 Å². The van der Waals surface area contributed by atoms with Crippen LogP contribution >= 0.6 is 0 Å². The van der Waals surface area contributed by atoms with Crippen LogP contribution in [0.25, 0.3) is 0 Å². The second kappa shape index (κ2) is 4.73. The van der Waals surface area contributed by atoms with Crippen molar-refractivity contribution in [2.45, 2.75) is 45.6 Å². The first kappa shape index (κ1) is 10.9. The summed E-state index contributed by atoms with van der Waals surface area (Å²) in [5, 5.41) is 9.87. The molecule has 0 aromatic carbocycles. The van der Waals surface area contributed by atoms with Crippen molar-refractivity contribution in [1.29, 1.82) is 0 Å². The molecular formula is C9H21NO. The van der Waals surface area contributed by atoms with Crippen molar-refractivity contribution in [3.63, 3.8) is 0 Å². The third kappa shape index (κ3) is 4.38. The van der Waals surface area contributed by atoms with Gasteiger partial charge in [-0.1, -0.05) is 27.2 Å². The molecule has 68 valence electrons. The summed E-state index contributed by atoms with van der Waals surface area (Å²) in [6.45, 7) is 6.67. The van der Waals surface area contributed by atoms with Gasteiger partial charge in [0, 0.05) is 6.54 Å². The van der Waals surface area contributed by atoms with E-state index in [1.807, 2.05) is 0 Å². The molecule has 3 N–H and O–H groups in total. The summed E-state index contributed by atoms with van der Waals surface area (Å²) in [4.78, 5) is 0. The molecule has 0 aliphatic heterocycles. The van der Waals surface area contributed by atoms with Gasteiger partial charge in [0.05, 0.1) is 5.60 Å². The molecule has 2 nitrogen and oxygen atoms in total. The highest BCUT2D eigenvalue weighted by atomic mass is 16.3. The Morgan fingerprint density at radius 2 is 2.00 bits per heavy atom. The van der Waals surface area contributed by atoms with Crippen molar-refractivity contribution in [3.05, 3.63) is 0 Å². The monoisotopic (exact) mass is 159 g/mol. The Labute approximate surface area is 69.8 Å². The molecule has 0 aromatic heterocycles.